The molecule has 5 heteroatoms. The van der Waals surface area contributed by atoms with Gasteiger partial charge in [0.15, 0.2) is 0 Å². The predicted molar refractivity (Wildman–Crippen MR) is 135 cm³/mol. The molecule has 0 aromatic heterocycles. The summed E-state index contributed by atoms with van der Waals surface area (Å²) in [5.74, 6) is 1.19. The maximum absolute atomic E-state index is 12.4. The standard InChI is InChI=1S/C30H26O5/c1-19-5-7-23(17-21(19)3)29(31)34-27-13-9-25(10-14-27)33-26-11-15-28(16-12-26)35-30(32)24-8-6-20(2)22(4)18-24/h5-18H,1-4H3. The fourth-order valence-electron chi connectivity index (χ4n) is 3.36. The van der Waals surface area contributed by atoms with E-state index in [0.717, 1.165) is 22.3 Å². The molecule has 0 unspecified atom stereocenters. The van der Waals surface area contributed by atoms with Crippen LogP contribution in [0.4, 0.5) is 0 Å². The number of hydrogen-bond acceptors (Lipinski definition) is 5. The molecule has 4 aromatic rings. The molecule has 4 rings (SSSR count). The van der Waals surface area contributed by atoms with Crippen molar-refractivity contribution in [1.82, 2.24) is 0 Å². The van der Waals surface area contributed by atoms with E-state index in [1.54, 1.807) is 60.7 Å². The Labute approximate surface area is 204 Å². The minimum atomic E-state index is -0.410. The second kappa shape index (κ2) is 10.3. The highest BCUT2D eigenvalue weighted by Gasteiger charge is 2.11. The van der Waals surface area contributed by atoms with Crippen molar-refractivity contribution in [1.29, 1.82) is 0 Å². The third-order valence-electron chi connectivity index (χ3n) is 5.79. The van der Waals surface area contributed by atoms with E-state index in [-0.39, 0.29) is 0 Å². The van der Waals surface area contributed by atoms with E-state index in [1.165, 1.54) is 0 Å². The molecule has 4 aromatic carbocycles. The fourth-order valence-corrected chi connectivity index (χ4v) is 3.36. The van der Waals surface area contributed by atoms with Crippen LogP contribution in [0.3, 0.4) is 0 Å². The second-order valence-electron chi connectivity index (χ2n) is 8.42. The minimum Gasteiger partial charge on any atom is -0.457 e. The van der Waals surface area contributed by atoms with Crippen molar-refractivity contribution in [2.45, 2.75) is 27.7 Å². The quantitative estimate of drug-likeness (QED) is 0.223. The van der Waals surface area contributed by atoms with Gasteiger partial charge in [0.1, 0.15) is 23.0 Å². The SMILES string of the molecule is Cc1ccc(C(=O)Oc2ccc(Oc3ccc(OC(=O)c4ccc(C)c(C)c4)cc3)cc2)cc1C. The van der Waals surface area contributed by atoms with Gasteiger partial charge in [-0.1, -0.05) is 12.1 Å². The number of aryl methyl sites for hydroxylation is 4. The van der Waals surface area contributed by atoms with Crippen LogP contribution in [0.25, 0.3) is 0 Å². The lowest BCUT2D eigenvalue weighted by Gasteiger charge is -2.09. The largest absolute Gasteiger partial charge is 0.457 e. The van der Waals surface area contributed by atoms with E-state index in [9.17, 15) is 9.59 Å². The van der Waals surface area contributed by atoms with Gasteiger partial charge in [0.25, 0.3) is 0 Å². The summed E-state index contributed by atoms with van der Waals surface area (Å²) in [5.41, 5.74) is 5.33. The Morgan fingerprint density at radius 2 is 0.800 bits per heavy atom. The Morgan fingerprint density at radius 1 is 0.457 bits per heavy atom. The second-order valence-corrected chi connectivity index (χ2v) is 8.42. The molecule has 0 heterocycles. The summed E-state index contributed by atoms with van der Waals surface area (Å²) in [6.07, 6.45) is 0. The third kappa shape index (κ3) is 5.95. The molecule has 0 atom stereocenters. The molecule has 0 radical (unpaired) electrons. The van der Waals surface area contributed by atoms with Gasteiger partial charge in [-0.05, 0) is 123 Å². The van der Waals surface area contributed by atoms with E-state index >= 15 is 0 Å². The zero-order chi connectivity index (χ0) is 24.9. The Hall–Kier alpha value is -4.38. The van der Waals surface area contributed by atoms with E-state index in [0.29, 0.717) is 34.1 Å². The zero-order valence-corrected chi connectivity index (χ0v) is 20.1. The fraction of sp³-hybridized carbons (Fsp3) is 0.133. The highest BCUT2D eigenvalue weighted by Crippen LogP contribution is 2.26. The predicted octanol–water partition coefficient (Wildman–Crippen LogP) is 7.15. The van der Waals surface area contributed by atoms with Gasteiger partial charge < -0.3 is 14.2 Å². The molecule has 0 bridgehead atoms. The Bertz CT molecular complexity index is 1260. The van der Waals surface area contributed by atoms with Crippen LogP contribution in [0.15, 0.2) is 84.9 Å². The number of carbonyl (C=O) groups excluding carboxylic acids is 2. The van der Waals surface area contributed by atoms with Gasteiger partial charge in [-0.3, -0.25) is 0 Å². The van der Waals surface area contributed by atoms with Gasteiger partial charge in [-0.2, -0.15) is 0 Å². The van der Waals surface area contributed by atoms with Crippen molar-refractivity contribution >= 4 is 11.9 Å². The van der Waals surface area contributed by atoms with Crippen molar-refractivity contribution in [2.24, 2.45) is 0 Å². The van der Waals surface area contributed by atoms with Crippen LogP contribution in [-0.2, 0) is 0 Å². The Morgan fingerprint density at radius 3 is 1.14 bits per heavy atom. The highest BCUT2D eigenvalue weighted by atomic mass is 16.5. The topological polar surface area (TPSA) is 61.8 Å². The zero-order valence-electron chi connectivity index (χ0n) is 20.1. The molecule has 0 fully saturated rings. The van der Waals surface area contributed by atoms with Crippen LogP contribution >= 0.6 is 0 Å². The molecule has 35 heavy (non-hydrogen) atoms. The molecule has 0 aliphatic rings. The maximum Gasteiger partial charge on any atom is 0.343 e. The van der Waals surface area contributed by atoms with Gasteiger partial charge in [0, 0.05) is 0 Å². The van der Waals surface area contributed by atoms with E-state index < -0.39 is 11.9 Å². The van der Waals surface area contributed by atoms with Crippen molar-refractivity contribution < 1.29 is 23.8 Å². The summed E-state index contributed by atoms with van der Waals surface area (Å²) in [4.78, 5) is 24.8. The normalized spacial score (nSPS) is 10.5. The molecule has 0 N–H and O–H groups in total. The molecule has 0 saturated heterocycles. The molecule has 0 aliphatic carbocycles. The van der Waals surface area contributed by atoms with E-state index in [4.69, 9.17) is 14.2 Å². The highest BCUT2D eigenvalue weighted by molar-refractivity contribution is 5.92. The lowest BCUT2D eigenvalue weighted by Crippen LogP contribution is -2.09. The van der Waals surface area contributed by atoms with E-state index in [2.05, 4.69) is 0 Å². The Kier molecular flexibility index (Phi) is 6.97. The summed E-state index contributed by atoms with van der Waals surface area (Å²) in [5, 5.41) is 0. The average Bonchev–Trinajstić information content (AvgIpc) is 2.85. The lowest BCUT2D eigenvalue weighted by molar-refractivity contribution is 0.0725. The number of esters is 2. The van der Waals surface area contributed by atoms with Crippen LogP contribution < -0.4 is 14.2 Å². The maximum atomic E-state index is 12.4. The molecule has 0 spiro atoms. The Balaban J connectivity index is 1.34. The summed E-state index contributed by atoms with van der Waals surface area (Å²) in [6, 6.07) is 24.5. The van der Waals surface area contributed by atoms with E-state index in [1.807, 2.05) is 52.0 Å². The summed E-state index contributed by atoms with van der Waals surface area (Å²) in [6.45, 7) is 7.91. The van der Waals surface area contributed by atoms with Crippen LogP contribution in [0.1, 0.15) is 43.0 Å². The van der Waals surface area contributed by atoms with Gasteiger partial charge in [-0.25, -0.2) is 9.59 Å². The van der Waals surface area contributed by atoms with Crippen molar-refractivity contribution in [3.63, 3.8) is 0 Å². The summed E-state index contributed by atoms with van der Waals surface area (Å²) in [7, 11) is 0. The van der Waals surface area contributed by atoms with Crippen molar-refractivity contribution in [2.75, 3.05) is 0 Å². The first kappa shape index (κ1) is 23.8. The van der Waals surface area contributed by atoms with Gasteiger partial charge in [-0.15, -0.1) is 0 Å². The minimum absolute atomic E-state index is 0.410. The molecular weight excluding hydrogens is 440 g/mol. The van der Waals surface area contributed by atoms with Crippen LogP contribution in [-0.4, -0.2) is 11.9 Å². The molecular formula is C30H26O5. The molecule has 0 saturated carbocycles. The molecule has 176 valence electrons. The third-order valence-corrected chi connectivity index (χ3v) is 5.79. The van der Waals surface area contributed by atoms with Gasteiger partial charge >= 0.3 is 11.9 Å². The number of benzene rings is 4. The molecule has 0 amide bonds. The number of hydrogen-bond donors (Lipinski definition) is 0. The summed E-state index contributed by atoms with van der Waals surface area (Å²) < 4.78 is 16.8. The first-order valence-corrected chi connectivity index (χ1v) is 11.3. The first-order chi connectivity index (χ1) is 16.8. The van der Waals surface area contributed by atoms with Gasteiger partial charge in [0.2, 0.25) is 0 Å². The number of carbonyl (C=O) groups is 2. The van der Waals surface area contributed by atoms with Crippen LogP contribution in [0.5, 0.6) is 23.0 Å². The number of ether oxygens (including phenoxy) is 3. The lowest BCUT2D eigenvalue weighted by atomic mass is 10.1. The van der Waals surface area contributed by atoms with Crippen LogP contribution in [0.2, 0.25) is 0 Å². The van der Waals surface area contributed by atoms with Crippen molar-refractivity contribution in [3.8, 4) is 23.0 Å². The monoisotopic (exact) mass is 466 g/mol. The smallest absolute Gasteiger partial charge is 0.343 e. The molecule has 0 aliphatic heterocycles. The summed E-state index contributed by atoms with van der Waals surface area (Å²) >= 11 is 0. The molecule has 5 nitrogen and oxygen atoms in total. The van der Waals surface area contributed by atoms with Crippen LogP contribution in [0, 0.1) is 27.7 Å². The first-order valence-electron chi connectivity index (χ1n) is 11.3. The van der Waals surface area contributed by atoms with Crippen molar-refractivity contribution in [3.05, 3.63) is 118 Å². The van der Waals surface area contributed by atoms with Gasteiger partial charge in [0.05, 0.1) is 11.1 Å². The average molecular weight is 467 g/mol. The number of rotatable bonds is 6.